The molecule has 0 saturated heterocycles. The lowest BCUT2D eigenvalue weighted by molar-refractivity contribution is 0.102. The highest BCUT2D eigenvalue weighted by atomic mass is 32.1. The van der Waals surface area contributed by atoms with Gasteiger partial charge in [-0.2, -0.15) is 0 Å². The Balaban J connectivity index is 2.17. The predicted molar refractivity (Wildman–Crippen MR) is 95.8 cm³/mol. The molecule has 23 heavy (non-hydrogen) atoms. The predicted octanol–water partition coefficient (Wildman–Crippen LogP) is 4.31. The number of aryl methyl sites for hydroxylation is 1. The highest BCUT2D eigenvalue weighted by Gasteiger charge is 2.15. The number of benzene rings is 1. The number of hydrogen-bond donors (Lipinski definition) is 2. The molecule has 0 atom stereocenters. The Hall–Kier alpha value is -2.08. The number of nitrogens with one attached hydrogen (secondary N) is 2. The number of nitrogens with zero attached hydrogens (tertiary/aromatic N) is 1. The maximum atomic E-state index is 12.5. The van der Waals surface area contributed by atoms with Gasteiger partial charge in [0.2, 0.25) is 0 Å². The minimum absolute atomic E-state index is 0.207. The van der Waals surface area contributed by atoms with E-state index >= 15 is 0 Å². The van der Waals surface area contributed by atoms with Gasteiger partial charge in [-0.1, -0.05) is 13.3 Å². The van der Waals surface area contributed by atoms with Crippen LogP contribution in [0.1, 0.15) is 41.9 Å². The number of anilines is 2. The molecule has 0 fully saturated rings. The lowest BCUT2D eigenvalue weighted by atomic mass is 10.1. The van der Waals surface area contributed by atoms with Crippen LogP contribution in [0.3, 0.4) is 0 Å². The molecule has 2 rings (SSSR count). The molecule has 2 N–H and O–H groups in total. The van der Waals surface area contributed by atoms with E-state index in [-0.39, 0.29) is 5.91 Å². The van der Waals surface area contributed by atoms with Crippen LogP contribution in [0, 0.1) is 6.92 Å². The molecule has 1 heterocycles. The minimum Gasteiger partial charge on any atom is -0.493 e. The monoisotopic (exact) mass is 333 g/mol. The number of aromatic nitrogens is 1. The topological polar surface area (TPSA) is 63.2 Å². The summed E-state index contributed by atoms with van der Waals surface area (Å²) in [5.41, 5.74) is 1.43. The number of amides is 1. The molecule has 1 amide bonds. The third-order valence-corrected chi connectivity index (χ3v) is 4.05. The molecule has 0 saturated carbocycles. The first-order chi connectivity index (χ1) is 11.1. The minimum atomic E-state index is -0.207. The summed E-state index contributed by atoms with van der Waals surface area (Å²) in [5, 5.41) is 6.76. The third-order valence-electron chi connectivity index (χ3n) is 3.23. The first kappa shape index (κ1) is 17.3. The van der Waals surface area contributed by atoms with Gasteiger partial charge in [-0.25, -0.2) is 4.98 Å². The van der Waals surface area contributed by atoms with Crippen molar-refractivity contribution in [2.75, 3.05) is 23.8 Å². The van der Waals surface area contributed by atoms with Crippen molar-refractivity contribution in [2.24, 2.45) is 0 Å². The number of hydrogen-bond acceptors (Lipinski definition) is 5. The van der Waals surface area contributed by atoms with Gasteiger partial charge in [0.15, 0.2) is 5.13 Å². The Morgan fingerprint density at radius 1 is 1.35 bits per heavy atom. The largest absolute Gasteiger partial charge is 0.493 e. The van der Waals surface area contributed by atoms with Crippen molar-refractivity contribution in [3.8, 4) is 5.75 Å². The van der Waals surface area contributed by atoms with E-state index in [1.807, 2.05) is 32.0 Å². The highest BCUT2D eigenvalue weighted by Crippen LogP contribution is 2.25. The van der Waals surface area contributed by atoms with E-state index in [1.54, 1.807) is 6.20 Å². The molecular weight excluding hydrogens is 310 g/mol. The van der Waals surface area contributed by atoms with Crippen LogP contribution in [-0.2, 0) is 0 Å². The van der Waals surface area contributed by atoms with Crippen molar-refractivity contribution in [3.05, 3.63) is 34.8 Å². The number of ether oxygens (including phenoxy) is 1. The average Bonchev–Trinajstić information content (AvgIpc) is 2.94. The highest BCUT2D eigenvalue weighted by molar-refractivity contribution is 7.15. The Morgan fingerprint density at radius 3 is 2.83 bits per heavy atom. The van der Waals surface area contributed by atoms with Crippen LogP contribution >= 0.6 is 11.3 Å². The molecule has 5 nitrogen and oxygen atoms in total. The zero-order valence-corrected chi connectivity index (χ0v) is 14.6. The summed E-state index contributed by atoms with van der Waals surface area (Å²) < 4.78 is 5.58. The van der Waals surface area contributed by atoms with Crippen molar-refractivity contribution in [1.29, 1.82) is 0 Å². The SMILES string of the molecule is CCCCNc1ccc(OCC)c(C(=O)Nc2ncc(C)s2)c1. The van der Waals surface area contributed by atoms with Gasteiger partial charge in [-0.3, -0.25) is 10.1 Å². The van der Waals surface area contributed by atoms with Gasteiger partial charge in [0.1, 0.15) is 5.75 Å². The van der Waals surface area contributed by atoms with Crippen molar-refractivity contribution in [3.63, 3.8) is 0 Å². The number of thiazole rings is 1. The van der Waals surface area contributed by atoms with Crippen molar-refractivity contribution in [1.82, 2.24) is 4.98 Å². The Morgan fingerprint density at radius 2 is 2.17 bits per heavy atom. The molecule has 6 heteroatoms. The lowest BCUT2D eigenvalue weighted by Gasteiger charge is -2.12. The Bertz CT molecular complexity index is 655. The van der Waals surface area contributed by atoms with E-state index in [0.717, 1.165) is 30.0 Å². The normalized spacial score (nSPS) is 10.4. The van der Waals surface area contributed by atoms with Crippen LogP contribution in [0.2, 0.25) is 0 Å². The van der Waals surface area contributed by atoms with Gasteiger partial charge < -0.3 is 10.1 Å². The summed E-state index contributed by atoms with van der Waals surface area (Å²) in [7, 11) is 0. The Kier molecular flexibility index (Phi) is 6.40. The molecule has 0 aliphatic heterocycles. The smallest absolute Gasteiger partial charge is 0.261 e. The van der Waals surface area contributed by atoms with Crippen LogP contribution < -0.4 is 15.4 Å². The lowest BCUT2D eigenvalue weighted by Crippen LogP contribution is -2.14. The summed E-state index contributed by atoms with van der Waals surface area (Å²) >= 11 is 1.45. The zero-order valence-electron chi connectivity index (χ0n) is 13.8. The third kappa shape index (κ3) is 4.96. The fourth-order valence-corrected chi connectivity index (χ4v) is 2.74. The van der Waals surface area contributed by atoms with Gasteiger partial charge in [0.05, 0.1) is 12.2 Å². The van der Waals surface area contributed by atoms with Crippen molar-refractivity contribution in [2.45, 2.75) is 33.6 Å². The molecule has 0 aliphatic rings. The van der Waals surface area contributed by atoms with E-state index in [9.17, 15) is 4.79 Å². The second-order valence-electron chi connectivity index (χ2n) is 5.15. The van der Waals surface area contributed by atoms with Crippen LogP contribution in [0.5, 0.6) is 5.75 Å². The molecule has 124 valence electrons. The van der Waals surface area contributed by atoms with Gasteiger partial charge >= 0.3 is 0 Å². The molecule has 0 bridgehead atoms. The molecule has 2 aromatic rings. The zero-order chi connectivity index (χ0) is 16.7. The van der Waals surface area contributed by atoms with E-state index in [2.05, 4.69) is 22.5 Å². The molecule has 0 aliphatic carbocycles. The van der Waals surface area contributed by atoms with E-state index in [1.165, 1.54) is 11.3 Å². The fourth-order valence-electron chi connectivity index (χ4n) is 2.09. The van der Waals surface area contributed by atoms with Crippen LogP contribution in [0.25, 0.3) is 0 Å². The second kappa shape index (κ2) is 8.53. The molecule has 1 aromatic heterocycles. The number of unbranched alkanes of at least 4 members (excludes halogenated alkanes) is 1. The second-order valence-corrected chi connectivity index (χ2v) is 6.39. The summed E-state index contributed by atoms with van der Waals surface area (Å²) in [6.45, 7) is 7.40. The number of rotatable bonds is 8. The summed E-state index contributed by atoms with van der Waals surface area (Å²) in [5.74, 6) is 0.376. The van der Waals surface area contributed by atoms with Crippen molar-refractivity contribution >= 4 is 28.1 Å². The van der Waals surface area contributed by atoms with Gasteiger partial charge in [0.25, 0.3) is 5.91 Å². The maximum absolute atomic E-state index is 12.5. The van der Waals surface area contributed by atoms with Gasteiger partial charge in [-0.15, -0.1) is 11.3 Å². The molecule has 0 unspecified atom stereocenters. The quantitative estimate of drug-likeness (QED) is 0.706. The number of carbonyl (C=O) groups is 1. The van der Waals surface area contributed by atoms with Crippen LogP contribution in [0.15, 0.2) is 24.4 Å². The molecular formula is C17H23N3O2S. The van der Waals surface area contributed by atoms with Gasteiger partial charge in [0, 0.05) is 23.3 Å². The Labute approximate surface area is 141 Å². The average molecular weight is 333 g/mol. The van der Waals surface area contributed by atoms with E-state index in [0.29, 0.717) is 23.1 Å². The van der Waals surface area contributed by atoms with Crippen LogP contribution in [0.4, 0.5) is 10.8 Å². The molecule has 0 radical (unpaired) electrons. The van der Waals surface area contributed by atoms with E-state index in [4.69, 9.17) is 4.74 Å². The summed E-state index contributed by atoms with van der Waals surface area (Å²) in [6.07, 6.45) is 3.96. The molecule has 0 spiro atoms. The first-order valence-corrected chi connectivity index (χ1v) is 8.70. The van der Waals surface area contributed by atoms with E-state index < -0.39 is 0 Å². The van der Waals surface area contributed by atoms with Gasteiger partial charge in [-0.05, 0) is 38.5 Å². The standard InChI is InChI=1S/C17H23N3O2S/c1-4-6-9-18-13-7-8-15(22-5-2)14(10-13)16(21)20-17-19-11-12(3)23-17/h7-8,10-11,18H,4-6,9H2,1-3H3,(H,19,20,21). The summed E-state index contributed by atoms with van der Waals surface area (Å²) in [4.78, 5) is 17.8. The fraction of sp³-hybridized carbons (Fsp3) is 0.412. The van der Waals surface area contributed by atoms with Crippen molar-refractivity contribution < 1.29 is 9.53 Å². The first-order valence-electron chi connectivity index (χ1n) is 7.88. The summed E-state index contributed by atoms with van der Waals surface area (Å²) in [6, 6.07) is 5.60. The van der Waals surface area contributed by atoms with Crippen LogP contribution in [-0.4, -0.2) is 24.0 Å². The number of carbonyl (C=O) groups excluding carboxylic acids is 1. The molecule has 1 aromatic carbocycles. The maximum Gasteiger partial charge on any atom is 0.261 e.